The summed E-state index contributed by atoms with van der Waals surface area (Å²) in [6.07, 6.45) is 1.66. The number of fused-ring (bicyclic) bond motifs is 1. The van der Waals surface area contributed by atoms with Crippen LogP contribution in [0.3, 0.4) is 0 Å². The van der Waals surface area contributed by atoms with E-state index >= 15 is 0 Å². The third kappa shape index (κ3) is 3.34. The quantitative estimate of drug-likeness (QED) is 0.779. The lowest BCUT2D eigenvalue weighted by Gasteiger charge is -2.18. The maximum absolute atomic E-state index is 12.6. The van der Waals surface area contributed by atoms with Gasteiger partial charge in [-0.2, -0.15) is 13.9 Å². The Labute approximate surface area is 136 Å². The topological polar surface area (TPSA) is 58.2 Å². The van der Waals surface area contributed by atoms with Crippen LogP contribution in [-0.4, -0.2) is 34.7 Å². The third-order valence-corrected chi connectivity index (χ3v) is 3.62. The first-order valence-electron chi connectivity index (χ1n) is 7.26. The second-order valence-electron chi connectivity index (χ2n) is 5.32. The van der Waals surface area contributed by atoms with Crippen molar-refractivity contribution in [2.75, 3.05) is 7.05 Å². The zero-order valence-electron chi connectivity index (χ0n) is 12.9. The summed E-state index contributed by atoms with van der Waals surface area (Å²) < 4.78 is 28.6. The van der Waals surface area contributed by atoms with Gasteiger partial charge in [0.1, 0.15) is 5.75 Å². The van der Waals surface area contributed by atoms with Gasteiger partial charge in [0.15, 0.2) is 0 Å². The first-order chi connectivity index (χ1) is 11.5. The molecule has 5 nitrogen and oxygen atoms in total. The summed E-state index contributed by atoms with van der Waals surface area (Å²) in [5.74, 6) is -0.0669. The lowest BCUT2D eigenvalue weighted by atomic mass is 10.1. The van der Waals surface area contributed by atoms with Crippen LogP contribution in [-0.2, 0) is 6.54 Å². The van der Waals surface area contributed by atoms with Crippen LogP contribution in [0.4, 0.5) is 8.78 Å². The van der Waals surface area contributed by atoms with Crippen molar-refractivity contribution in [1.82, 2.24) is 15.1 Å². The number of ether oxygens (including phenoxy) is 1. The Balaban J connectivity index is 1.73. The van der Waals surface area contributed by atoms with Gasteiger partial charge < -0.3 is 9.64 Å². The lowest BCUT2D eigenvalue weighted by molar-refractivity contribution is -0.0498. The molecule has 7 heteroatoms. The maximum atomic E-state index is 12.6. The van der Waals surface area contributed by atoms with Gasteiger partial charge in [0.2, 0.25) is 0 Å². The Morgan fingerprint density at radius 3 is 2.71 bits per heavy atom. The summed E-state index contributed by atoms with van der Waals surface area (Å²) in [4.78, 5) is 14.2. The molecule has 1 heterocycles. The highest BCUT2D eigenvalue weighted by atomic mass is 19.3. The van der Waals surface area contributed by atoms with Crippen LogP contribution in [0.1, 0.15) is 15.9 Å². The molecule has 0 aliphatic rings. The summed E-state index contributed by atoms with van der Waals surface area (Å²) in [6.45, 7) is -2.51. The number of aromatic amines is 1. The summed E-state index contributed by atoms with van der Waals surface area (Å²) in [5.41, 5.74) is 2.03. The molecule has 24 heavy (non-hydrogen) atoms. The zero-order valence-corrected chi connectivity index (χ0v) is 12.9. The van der Waals surface area contributed by atoms with Gasteiger partial charge in [-0.15, -0.1) is 0 Å². The SMILES string of the molecule is CN(Cc1ccc(OC(F)F)cc1)C(=O)c1cccc2cn[nH]c12. The van der Waals surface area contributed by atoms with Crippen molar-refractivity contribution in [3.63, 3.8) is 0 Å². The fourth-order valence-electron chi connectivity index (χ4n) is 2.47. The highest BCUT2D eigenvalue weighted by Crippen LogP contribution is 2.19. The molecule has 0 aliphatic carbocycles. The molecular formula is C17H15F2N3O2. The molecule has 0 spiro atoms. The Morgan fingerprint density at radius 2 is 2.00 bits per heavy atom. The Morgan fingerprint density at radius 1 is 1.25 bits per heavy atom. The standard InChI is InChI=1S/C17H15F2N3O2/c1-22(10-11-5-7-13(8-6-11)24-17(18)19)16(23)14-4-2-3-12-9-20-21-15(12)14/h2-9,17H,10H2,1H3,(H,20,21). The van der Waals surface area contributed by atoms with E-state index in [-0.39, 0.29) is 11.7 Å². The predicted molar refractivity (Wildman–Crippen MR) is 85.0 cm³/mol. The number of nitrogens with one attached hydrogen (secondary N) is 1. The minimum Gasteiger partial charge on any atom is -0.435 e. The minimum absolute atomic E-state index is 0.0879. The molecular weight excluding hydrogens is 316 g/mol. The molecule has 0 aliphatic heterocycles. The van der Waals surface area contributed by atoms with Gasteiger partial charge in [-0.3, -0.25) is 9.89 Å². The number of amides is 1. The fourth-order valence-corrected chi connectivity index (χ4v) is 2.47. The van der Waals surface area contributed by atoms with E-state index in [1.165, 1.54) is 12.1 Å². The first-order valence-corrected chi connectivity index (χ1v) is 7.26. The van der Waals surface area contributed by atoms with Gasteiger partial charge in [-0.05, 0) is 23.8 Å². The molecule has 0 saturated heterocycles. The second kappa shape index (κ2) is 6.66. The molecule has 0 radical (unpaired) electrons. The van der Waals surface area contributed by atoms with Crippen LogP contribution in [0.25, 0.3) is 10.9 Å². The van der Waals surface area contributed by atoms with Gasteiger partial charge in [0.05, 0.1) is 17.3 Å². The number of carbonyl (C=O) groups excluding carboxylic acids is 1. The Bertz CT molecular complexity index is 846. The minimum atomic E-state index is -2.85. The molecule has 0 bridgehead atoms. The van der Waals surface area contributed by atoms with E-state index in [2.05, 4.69) is 14.9 Å². The van der Waals surface area contributed by atoms with Crippen molar-refractivity contribution in [3.05, 3.63) is 59.8 Å². The van der Waals surface area contributed by atoms with Gasteiger partial charge in [0.25, 0.3) is 5.91 Å². The molecule has 3 rings (SSSR count). The van der Waals surface area contributed by atoms with E-state index in [0.29, 0.717) is 17.6 Å². The highest BCUT2D eigenvalue weighted by molar-refractivity contribution is 6.05. The van der Waals surface area contributed by atoms with E-state index in [0.717, 1.165) is 10.9 Å². The van der Waals surface area contributed by atoms with Crippen LogP contribution in [0.2, 0.25) is 0 Å². The number of nitrogens with zero attached hydrogens (tertiary/aromatic N) is 2. The van der Waals surface area contributed by atoms with E-state index in [9.17, 15) is 13.6 Å². The van der Waals surface area contributed by atoms with E-state index in [4.69, 9.17) is 0 Å². The molecule has 0 unspecified atom stereocenters. The fraction of sp³-hybridized carbons (Fsp3) is 0.176. The molecule has 1 N–H and O–H groups in total. The average Bonchev–Trinajstić information content (AvgIpc) is 3.04. The number of aromatic nitrogens is 2. The van der Waals surface area contributed by atoms with Crippen LogP contribution >= 0.6 is 0 Å². The second-order valence-corrected chi connectivity index (χ2v) is 5.32. The number of alkyl halides is 2. The number of carbonyl (C=O) groups is 1. The Hall–Kier alpha value is -2.96. The summed E-state index contributed by atoms with van der Waals surface area (Å²) in [6, 6.07) is 11.6. The molecule has 0 fully saturated rings. The normalized spacial score (nSPS) is 11.0. The van der Waals surface area contributed by atoms with Crippen molar-refractivity contribution < 1.29 is 18.3 Å². The maximum Gasteiger partial charge on any atom is 0.387 e. The number of benzene rings is 2. The van der Waals surface area contributed by atoms with Crippen molar-refractivity contribution in [2.24, 2.45) is 0 Å². The van der Waals surface area contributed by atoms with Crippen LogP contribution in [0, 0.1) is 0 Å². The van der Waals surface area contributed by atoms with Crippen molar-refractivity contribution in [3.8, 4) is 5.75 Å². The van der Waals surface area contributed by atoms with Crippen molar-refractivity contribution in [1.29, 1.82) is 0 Å². The van der Waals surface area contributed by atoms with Crippen LogP contribution in [0.15, 0.2) is 48.7 Å². The van der Waals surface area contributed by atoms with Crippen molar-refractivity contribution >= 4 is 16.8 Å². The van der Waals surface area contributed by atoms with E-state index < -0.39 is 6.61 Å². The predicted octanol–water partition coefficient (Wildman–Crippen LogP) is 3.44. The third-order valence-electron chi connectivity index (χ3n) is 3.62. The molecule has 1 amide bonds. The number of rotatable bonds is 5. The van der Waals surface area contributed by atoms with Crippen molar-refractivity contribution in [2.45, 2.75) is 13.2 Å². The number of hydrogen-bond acceptors (Lipinski definition) is 3. The van der Waals surface area contributed by atoms with E-state index in [1.807, 2.05) is 6.07 Å². The highest BCUT2D eigenvalue weighted by Gasteiger charge is 2.16. The smallest absolute Gasteiger partial charge is 0.387 e. The van der Waals surface area contributed by atoms with Gasteiger partial charge >= 0.3 is 6.61 Å². The van der Waals surface area contributed by atoms with Crippen LogP contribution < -0.4 is 4.74 Å². The largest absolute Gasteiger partial charge is 0.435 e. The van der Waals surface area contributed by atoms with Gasteiger partial charge in [-0.25, -0.2) is 0 Å². The van der Waals surface area contributed by atoms with Gasteiger partial charge in [0, 0.05) is 19.0 Å². The summed E-state index contributed by atoms with van der Waals surface area (Å²) in [7, 11) is 1.68. The first kappa shape index (κ1) is 15.9. The molecule has 124 valence electrons. The summed E-state index contributed by atoms with van der Waals surface area (Å²) >= 11 is 0. The Kier molecular flexibility index (Phi) is 4.41. The number of H-pyrrole nitrogens is 1. The number of para-hydroxylation sites is 1. The molecule has 0 atom stereocenters. The molecule has 2 aromatic carbocycles. The molecule has 0 saturated carbocycles. The number of hydrogen-bond donors (Lipinski definition) is 1. The zero-order chi connectivity index (χ0) is 17.1. The van der Waals surface area contributed by atoms with Crippen LogP contribution in [0.5, 0.6) is 5.75 Å². The molecule has 3 aromatic rings. The summed E-state index contributed by atoms with van der Waals surface area (Å²) in [5, 5.41) is 7.64. The monoisotopic (exact) mass is 331 g/mol. The van der Waals surface area contributed by atoms with Gasteiger partial charge in [-0.1, -0.05) is 24.3 Å². The average molecular weight is 331 g/mol. The number of halogens is 2. The molecule has 1 aromatic heterocycles. The van der Waals surface area contributed by atoms with E-state index in [1.54, 1.807) is 42.4 Å². The lowest BCUT2D eigenvalue weighted by Crippen LogP contribution is -2.26.